The second-order valence-corrected chi connectivity index (χ2v) is 6.23. The summed E-state index contributed by atoms with van der Waals surface area (Å²) in [6.07, 6.45) is 5.88. The number of hydrogen-bond donors (Lipinski definition) is 1. The first kappa shape index (κ1) is 17.0. The molecule has 1 amide bonds. The molecule has 5 nitrogen and oxygen atoms in total. The van der Waals surface area contributed by atoms with Crippen molar-refractivity contribution in [2.75, 3.05) is 6.54 Å². The summed E-state index contributed by atoms with van der Waals surface area (Å²) in [6, 6.07) is 12.0. The number of carbonyl (C=O) groups excluding carboxylic acids is 1. The number of unbranched alkanes of at least 4 members (excludes halogenated alkanes) is 1. The number of carbonyl (C=O) groups is 1. The molecule has 1 N–H and O–H groups in total. The Balaban J connectivity index is 2.09. The van der Waals surface area contributed by atoms with Crippen molar-refractivity contribution in [3.8, 4) is 11.5 Å². The van der Waals surface area contributed by atoms with Crippen LogP contribution in [0.2, 0.25) is 0 Å². The van der Waals surface area contributed by atoms with E-state index in [1.807, 2.05) is 65.0 Å². The minimum atomic E-state index is -0.0759. The van der Waals surface area contributed by atoms with Crippen LogP contribution in [0.25, 0.3) is 11.5 Å². The van der Waals surface area contributed by atoms with Crippen molar-refractivity contribution in [3.05, 3.63) is 65.6 Å². The van der Waals surface area contributed by atoms with Gasteiger partial charge in [0.1, 0.15) is 5.56 Å². The number of aromatic nitrogens is 3. The van der Waals surface area contributed by atoms with Gasteiger partial charge in [-0.1, -0.05) is 31.0 Å². The minimum absolute atomic E-state index is 0.0759. The van der Waals surface area contributed by atoms with Gasteiger partial charge >= 0.3 is 0 Å². The van der Waals surface area contributed by atoms with Crippen LogP contribution in [0.3, 0.4) is 0 Å². The molecule has 0 aliphatic heterocycles. The van der Waals surface area contributed by atoms with Gasteiger partial charge in [-0.25, -0.2) is 4.68 Å². The molecule has 2 heterocycles. The molecule has 0 spiro atoms. The van der Waals surface area contributed by atoms with E-state index in [9.17, 15) is 4.79 Å². The van der Waals surface area contributed by atoms with Gasteiger partial charge in [-0.3, -0.25) is 4.79 Å². The molecule has 0 unspecified atom stereocenters. The monoisotopic (exact) mass is 336 g/mol. The summed E-state index contributed by atoms with van der Waals surface area (Å²) < 4.78 is 3.78. The van der Waals surface area contributed by atoms with E-state index in [1.54, 1.807) is 0 Å². The predicted molar refractivity (Wildman–Crippen MR) is 99.6 cm³/mol. The lowest BCUT2D eigenvalue weighted by Gasteiger charge is -2.11. The van der Waals surface area contributed by atoms with Gasteiger partial charge in [-0.15, -0.1) is 0 Å². The molecule has 0 saturated heterocycles. The van der Waals surface area contributed by atoms with E-state index in [2.05, 4.69) is 24.3 Å². The fourth-order valence-corrected chi connectivity index (χ4v) is 2.83. The maximum absolute atomic E-state index is 12.8. The summed E-state index contributed by atoms with van der Waals surface area (Å²) in [5, 5.41) is 7.66. The lowest BCUT2D eigenvalue weighted by Crippen LogP contribution is -2.26. The van der Waals surface area contributed by atoms with E-state index in [0.29, 0.717) is 12.1 Å². The third-order valence-electron chi connectivity index (χ3n) is 4.21. The number of aryl methyl sites for hydroxylation is 2. The summed E-state index contributed by atoms with van der Waals surface area (Å²) in [4.78, 5) is 12.8. The smallest absolute Gasteiger partial charge is 0.256 e. The number of amides is 1. The lowest BCUT2D eigenvalue weighted by atomic mass is 10.2. The van der Waals surface area contributed by atoms with E-state index in [-0.39, 0.29) is 5.91 Å². The number of nitrogens with one attached hydrogen (secondary N) is 1. The van der Waals surface area contributed by atoms with Crippen molar-refractivity contribution in [3.63, 3.8) is 0 Å². The van der Waals surface area contributed by atoms with Gasteiger partial charge in [-0.05, 0) is 44.5 Å². The lowest BCUT2D eigenvalue weighted by molar-refractivity contribution is 0.0952. The van der Waals surface area contributed by atoms with Gasteiger partial charge in [0, 0.05) is 18.9 Å². The van der Waals surface area contributed by atoms with Crippen LogP contribution < -0.4 is 5.32 Å². The first-order chi connectivity index (χ1) is 12.1. The zero-order valence-corrected chi connectivity index (χ0v) is 15.0. The zero-order chi connectivity index (χ0) is 17.8. The molecule has 0 fully saturated rings. The van der Waals surface area contributed by atoms with E-state index in [4.69, 9.17) is 0 Å². The number of benzene rings is 1. The topological polar surface area (TPSA) is 51.9 Å². The number of hydrogen-bond acceptors (Lipinski definition) is 2. The molecule has 3 rings (SSSR count). The third-order valence-corrected chi connectivity index (χ3v) is 4.21. The SMILES string of the molecule is CCCCNC(=O)c1c(C)nn(-c2ccc(C)cc2)c1-n1cccc1. The predicted octanol–water partition coefficient (Wildman–Crippen LogP) is 3.81. The molecule has 0 aliphatic rings. The fraction of sp³-hybridized carbons (Fsp3) is 0.300. The zero-order valence-electron chi connectivity index (χ0n) is 15.0. The fourth-order valence-electron chi connectivity index (χ4n) is 2.83. The highest BCUT2D eigenvalue weighted by atomic mass is 16.1. The Morgan fingerprint density at radius 1 is 1.12 bits per heavy atom. The molecule has 0 aliphatic carbocycles. The summed E-state index contributed by atoms with van der Waals surface area (Å²) in [7, 11) is 0. The molecular weight excluding hydrogens is 312 g/mol. The number of nitrogens with zero attached hydrogens (tertiary/aromatic N) is 3. The Morgan fingerprint density at radius 3 is 2.44 bits per heavy atom. The Bertz CT molecular complexity index is 845. The molecule has 0 saturated carbocycles. The molecule has 3 aromatic rings. The Hall–Kier alpha value is -2.82. The van der Waals surface area contributed by atoms with Gasteiger partial charge in [0.05, 0.1) is 11.4 Å². The standard InChI is InChI=1S/C20H24N4O/c1-4-5-12-21-19(25)18-16(3)22-24(17-10-8-15(2)9-11-17)20(18)23-13-6-7-14-23/h6-11,13-14H,4-5,12H2,1-3H3,(H,21,25). The molecule has 25 heavy (non-hydrogen) atoms. The van der Waals surface area contributed by atoms with Crippen LogP contribution in [-0.4, -0.2) is 26.8 Å². The van der Waals surface area contributed by atoms with Crippen LogP contribution in [0.4, 0.5) is 0 Å². The van der Waals surface area contributed by atoms with E-state index in [0.717, 1.165) is 30.0 Å². The average molecular weight is 336 g/mol. The largest absolute Gasteiger partial charge is 0.352 e. The van der Waals surface area contributed by atoms with E-state index < -0.39 is 0 Å². The van der Waals surface area contributed by atoms with Crippen molar-refractivity contribution in [2.45, 2.75) is 33.6 Å². The van der Waals surface area contributed by atoms with Crippen molar-refractivity contribution in [1.29, 1.82) is 0 Å². The number of rotatable bonds is 6. The molecular formula is C20H24N4O. The highest BCUT2D eigenvalue weighted by molar-refractivity contribution is 5.98. The Kier molecular flexibility index (Phi) is 5.03. The third kappa shape index (κ3) is 3.50. The van der Waals surface area contributed by atoms with E-state index in [1.165, 1.54) is 5.56 Å². The van der Waals surface area contributed by atoms with Crippen LogP contribution in [0.1, 0.15) is 41.4 Å². The highest BCUT2D eigenvalue weighted by Crippen LogP contribution is 2.23. The maximum Gasteiger partial charge on any atom is 0.256 e. The van der Waals surface area contributed by atoms with Crippen LogP contribution in [0.15, 0.2) is 48.8 Å². The minimum Gasteiger partial charge on any atom is -0.352 e. The first-order valence-electron chi connectivity index (χ1n) is 8.70. The van der Waals surface area contributed by atoms with Crippen LogP contribution in [-0.2, 0) is 0 Å². The van der Waals surface area contributed by atoms with E-state index >= 15 is 0 Å². The molecule has 0 bridgehead atoms. The van der Waals surface area contributed by atoms with Gasteiger partial charge in [0.15, 0.2) is 5.82 Å². The van der Waals surface area contributed by atoms with Gasteiger partial charge in [0.25, 0.3) is 5.91 Å². The molecule has 5 heteroatoms. The van der Waals surface area contributed by atoms with Gasteiger partial charge in [0.2, 0.25) is 0 Å². The molecule has 2 aromatic heterocycles. The normalized spacial score (nSPS) is 10.8. The summed E-state index contributed by atoms with van der Waals surface area (Å²) in [5.74, 6) is 0.688. The second kappa shape index (κ2) is 7.38. The average Bonchev–Trinajstić information content (AvgIpc) is 3.23. The summed E-state index contributed by atoms with van der Waals surface area (Å²) in [6.45, 7) is 6.72. The Morgan fingerprint density at radius 2 is 1.80 bits per heavy atom. The maximum atomic E-state index is 12.8. The van der Waals surface area contributed by atoms with Gasteiger partial charge in [-0.2, -0.15) is 5.10 Å². The van der Waals surface area contributed by atoms with Crippen LogP contribution in [0, 0.1) is 13.8 Å². The van der Waals surface area contributed by atoms with Gasteiger partial charge < -0.3 is 9.88 Å². The van der Waals surface area contributed by atoms with Crippen molar-refractivity contribution < 1.29 is 4.79 Å². The highest BCUT2D eigenvalue weighted by Gasteiger charge is 2.23. The van der Waals surface area contributed by atoms with Crippen molar-refractivity contribution in [1.82, 2.24) is 19.7 Å². The molecule has 1 aromatic carbocycles. The summed E-state index contributed by atoms with van der Waals surface area (Å²) >= 11 is 0. The molecule has 0 radical (unpaired) electrons. The van der Waals surface area contributed by atoms with Crippen LogP contribution >= 0.6 is 0 Å². The summed E-state index contributed by atoms with van der Waals surface area (Å²) in [5.41, 5.74) is 3.46. The van der Waals surface area contributed by atoms with Crippen molar-refractivity contribution in [2.24, 2.45) is 0 Å². The van der Waals surface area contributed by atoms with Crippen LogP contribution in [0.5, 0.6) is 0 Å². The second-order valence-electron chi connectivity index (χ2n) is 6.23. The quantitative estimate of drug-likeness (QED) is 0.696. The Labute approximate surface area is 148 Å². The molecule has 130 valence electrons. The first-order valence-corrected chi connectivity index (χ1v) is 8.70. The molecule has 0 atom stereocenters. The van der Waals surface area contributed by atoms with Crippen molar-refractivity contribution >= 4 is 5.91 Å².